The van der Waals surface area contributed by atoms with E-state index in [9.17, 15) is 9.59 Å². The highest BCUT2D eigenvalue weighted by atomic mass is 16.2. The van der Waals surface area contributed by atoms with Crippen LogP contribution in [0.3, 0.4) is 0 Å². The summed E-state index contributed by atoms with van der Waals surface area (Å²) in [6.07, 6.45) is 7.21. The maximum absolute atomic E-state index is 12.4. The number of aromatic nitrogens is 5. The second kappa shape index (κ2) is 7.45. The van der Waals surface area contributed by atoms with Crippen molar-refractivity contribution in [3.05, 3.63) is 35.0 Å². The van der Waals surface area contributed by atoms with Gasteiger partial charge in [-0.25, -0.2) is 24.7 Å². The number of nitrogens with one attached hydrogen (secondary N) is 2. The summed E-state index contributed by atoms with van der Waals surface area (Å²) in [5.41, 5.74) is 0.381. The van der Waals surface area contributed by atoms with Crippen molar-refractivity contribution in [2.45, 2.75) is 45.1 Å². The first-order chi connectivity index (χ1) is 12.1. The molecule has 2 aromatic rings. The first-order valence-electron chi connectivity index (χ1n) is 8.57. The van der Waals surface area contributed by atoms with Crippen molar-refractivity contribution in [2.24, 2.45) is 0 Å². The number of nitrogens with zero attached hydrogens (tertiary/aromatic N) is 5. The van der Waals surface area contributed by atoms with Crippen LogP contribution in [-0.2, 0) is 0 Å². The summed E-state index contributed by atoms with van der Waals surface area (Å²) in [7, 11) is 0. The normalized spacial score (nSPS) is 16.6. The number of amides is 2. The van der Waals surface area contributed by atoms with Crippen LogP contribution in [-0.4, -0.2) is 48.8 Å². The van der Waals surface area contributed by atoms with Gasteiger partial charge in [-0.3, -0.25) is 4.57 Å². The summed E-state index contributed by atoms with van der Waals surface area (Å²) < 4.78 is 1.59. The number of likely N-dealkylation sites (tertiary alicyclic amines) is 1. The Morgan fingerprint density at radius 2 is 2.04 bits per heavy atom. The monoisotopic (exact) mass is 345 g/mol. The number of rotatable bonds is 4. The van der Waals surface area contributed by atoms with E-state index in [0.29, 0.717) is 24.7 Å². The molecule has 2 amide bonds. The van der Waals surface area contributed by atoms with Crippen LogP contribution >= 0.6 is 0 Å². The lowest BCUT2D eigenvalue weighted by atomic mass is 10.1. The molecular weight excluding hydrogens is 322 g/mol. The molecule has 0 bridgehead atoms. The van der Waals surface area contributed by atoms with Gasteiger partial charge >= 0.3 is 11.7 Å². The third kappa shape index (κ3) is 3.86. The molecule has 25 heavy (non-hydrogen) atoms. The molecule has 1 aliphatic rings. The zero-order valence-corrected chi connectivity index (χ0v) is 14.5. The molecule has 1 saturated heterocycles. The molecule has 1 aliphatic heterocycles. The third-order valence-electron chi connectivity index (χ3n) is 4.70. The summed E-state index contributed by atoms with van der Waals surface area (Å²) in [6.45, 7) is 5.33. The Hall–Kier alpha value is -2.71. The van der Waals surface area contributed by atoms with Crippen LogP contribution < -0.4 is 11.0 Å². The van der Waals surface area contributed by atoms with Gasteiger partial charge in [-0.1, -0.05) is 13.8 Å². The van der Waals surface area contributed by atoms with Crippen molar-refractivity contribution in [3.63, 3.8) is 0 Å². The lowest BCUT2D eigenvalue weighted by Gasteiger charge is -2.31. The zero-order chi connectivity index (χ0) is 17.8. The maximum atomic E-state index is 12.4. The summed E-state index contributed by atoms with van der Waals surface area (Å²) in [5, 5.41) is 8.98. The average molecular weight is 345 g/mol. The molecule has 9 heteroatoms. The minimum Gasteiger partial charge on any atom is -0.324 e. The molecule has 1 fully saturated rings. The van der Waals surface area contributed by atoms with E-state index < -0.39 is 0 Å². The highest BCUT2D eigenvalue weighted by Gasteiger charge is 2.25. The zero-order valence-electron chi connectivity index (χ0n) is 14.5. The topological polar surface area (TPSA) is 109 Å². The Kier molecular flexibility index (Phi) is 5.11. The van der Waals surface area contributed by atoms with Gasteiger partial charge in [0.05, 0.1) is 18.1 Å². The molecule has 1 atom stereocenters. The van der Waals surface area contributed by atoms with Crippen molar-refractivity contribution in [1.82, 2.24) is 29.6 Å². The maximum Gasteiger partial charge on any atom is 0.343 e. The van der Waals surface area contributed by atoms with Crippen molar-refractivity contribution >= 4 is 11.7 Å². The number of carbonyl (C=O) groups is 1. The van der Waals surface area contributed by atoms with Gasteiger partial charge in [-0.15, -0.1) is 0 Å². The van der Waals surface area contributed by atoms with E-state index in [1.807, 2.05) is 0 Å². The van der Waals surface area contributed by atoms with Crippen LogP contribution in [0, 0.1) is 0 Å². The molecule has 0 spiro atoms. The van der Waals surface area contributed by atoms with Gasteiger partial charge in [0.1, 0.15) is 12.2 Å². The lowest BCUT2D eigenvalue weighted by Crippen LogP contribution is -2.42. The van der Waals surface area contributed by atoms with E-state index in [2.05, 4.69) is 39.3 Å². The highest BCUT2D eigenvalue weighted by molar-refractivity contribution is 5.89. The number of hydrogen-bond donors (Lipinski definition) is 2. The average Bonchev–Trinajstić information content (AvgIpc) is 3.07. The Bertz CT molecular complexity index is 759. The van der Waals surface area contributed by atoms with Gasteiger partial charge < -0.3 is 10.2 Å². The largest absolute Gasteiger partial charge is 0.343 e. The van der Waals surface area contributed by atoms with Gasteiger partial charge in [0.2, 0.25) is 0 Å². The number of carbonyl (C=O) groups excluding carboxylic acids is 1. The lowest BCUT2D eigenvalue weighted by molar-refractivity contribution is 0.183. The van der Waals surface area contributed by atoms with Crippen molar-refractivity contribution in [2.75, 3.05) is 18.4 Å². The fraction of sp³-hybridized carbons (Fsp3) is 0.562. The number of H-pyrrole nitrogens is 1. The second-order valence-electron chi connectivity index (χ2n) is 6.36. The summed E-state index contributed by atoms with van der Waals surface area (Å²) in [6, 6.07) is -0.0914. The number of urea groups is 1. The molecule has 134 valence electrons. The fourth-order valence-corrected chi connectivity index (χ4v) is 2.91. The molecule has 2 aromatic heterocycles. The van der Waals surface area contributed by atoms with Crippen LogP contribution in [0.15, 0.2) is 23.5 Å². The highest BCUT2D eigenvalue weighted by Crippen LogP contribution is 2.21. The Morgan fingerprint density at radius 1 is 1.36 bits per heavy atom. The van der Waals surface area contributed by atoms with Crippen LogP contribution in [0.5, 0.6) is 0 Å². The molecule has 0 aromatic carbocycles. The first kappa shape index (κ1) is 17.1. The van der Waals surface area contributed by atoms with Gasteiger partial charge in [0.25, 0.3) is 0 Å². The molecule has 3 heterocycles. The number of aromatic amines is 1. The van der Waals surface area contributed by atoms with E-state index >= 15 is 0 Å². The molecule has 0 aliphatic carbocycles. The predicted molar refractivity (Wildman–Crippen MR) is 92.4 cm³/mol. The smallest absolute Gasteiger partial charge is 0.324 e. The van der Waals surface area contributed by atoms with Crippen molar-refractivity contribution < 1.29 is 4.79 Å². The molecule has 0 radical (unpaired) electrons. The Labute approximate surface area is 145 Å². The predicted octanol–water partition coefficient (Wildman–Crippen LogP) is 1.74. The molecule has 0 saturated carbocycles. The standard InChI is InChI=1S/C16H23N7O2/c1-3-11(2)14-17-8-12(9-18-14)20-15(24)22-6-4-13(5-7-22)23-10-19-21-16(23)25/h8-11,13H,3-7H2,1-2H3,(H,20,24)(H,21,25)/t11-/m1/s1. The van der Waals surface area contributed by atoms with Crippen molar-refractivity contribution in [1.29, 1.82) is 0 Å². The SMILES string of the molecule is CC[C@@H](C)c1ncc(NC(=O)N2CCC(n3cn[nH]c3=O)CC2)cn1. The van der Waals surface area contributed by atoms with Gasteiger partial charge in [0.15, 0.2) is 0 Å². The number of anilines is 1. The summed E-state index contributed by atoms with van der Waals surface area (Å²) in [4.78, 5) is 34.3. The Morgan fingerprint density at radius 3 is 2.60 bits per heavy atom. The summed E-state index contributed by atoms with van der Waals surface area (Å²) in [5.74, 6) is 1.09. The van der Waals surface area contributed by atoms with Crippen LogP contribution in [0.2, 0.25) is 0 Å². The van der Waals surface area contributed by atoms with Crippen LogP contribution in [0.25, 0.3) is 0 Å². The van der Waals surface area contributed by atoms with Gasteiger partial charge in [-0.05, 0) is 19.3 Å². The quantitative estimate of drug-likeness (QED) is 0.877. The molecular formula is C16H23N7O2. The summed E-state index contributed by atoms with van der Waals surface area (Å²) >= 11 is 0. The molecule has 9 nitrogen and oxygen atoms in total. The van der Waals surface area contributed by atoms with E-state index in [1.165, 1.54) is 6.33 Å². The third-order valence-corrected chi connectivity index (χ3v) is 4.70. The number of hydrogen-bond acceptors (Lipinski definition) is 5. The second-order valence-corrected chi connectivity index (χ2v) is 6.36. The Balaban J connectivity index is 1.54. The minimum absolute atomic E-state index is 0.0773. The van der Waals surface area contributed by atoms with E-state index in [1.54, 1.807) is 21.9 Å². The molecule has 2 N–H and O–H groups in total. The van der Waals surface area contributed by atoms with Gasteiger partial charge in [-0.2, -0.15) is 5.10 Å². The van der Waals surface area contributed by atoms with E-state index in [4.69, 9.17) is 0 Å². The molecule has 3 rings (SSSR count). The van der Waals surface area contributed by atoms with Crippen LogP contribution in [0.1, 0.15) is 50.9 Å². The first-order valence-corrected chi connectivity index (χ1v) is 8.57. The van der Waals surface area contributed by atoms with Gasteiger partial charge in [0, 0.05) is 25.0 Å². The minimum atomic E-state index is -0.207. The fourth-order valence-electron chi connectivity index (χ4n) is 2.91. The van der Waals surface area contributed by atoms with E-state index in [-0.39, 0.29) is 17.8 Å². The van der Waals surface area contributed by atoms with E-state index in [0.717, 1.165) is 25.1 Å². The number of piperidine rings is 1. The van der Waals surface area contributed by atoms with Crippen LogP contribution in [0.4, 0.5) is 10.5 Å². The molecule has 0 unspecified atom stereocenters. The van der Waals surface area contributed by atoms with Crippen molar-refractivity contribution in [3.8, 4) is 0 Å².